The number of anilines is 1. The Morgan fingerprint density at radius 2 is 1.89 bits per heavy atom. The van der Waals surface area contributed by atoms with Crippen molar-refractivity contribution < 1.29 is 28.6 Å². The van der Waals surface area contributed by atoms with E-state index in [0.29, 0.717) is 56.4 Å². The van der Waals surface area contributed by atoms with E-state index in [1.54, 1.807) is 66.1 Å². The summed E-state index contributed by atoms with van der Waals surface area (Å²) in [7, 11) is 1.49. The van der Waals surface area contributed by atoms with E-state index in [2.05, 4.69) is 15.2 Å². The second kappa shape index (κ2) is 12.1. The highest BCUT2D eigenvalue weighted by Crippen LogP contribution is 2.46. The van der Waals surface area contributed by atoms with Crippen molar-refractivity contribution in [3.8, 4) is 11.5 Å². The van der Waals surface area contributed by atoms with Gasteiger partial charge in [-0.1, -0.05) is 53.4 Å². The first-order valence-electron chi connectivity index (χ1n) is 13.6. The van der Waals surface area contributed by atoms with Gasteiger partial charge < -0.3 is 14.6 Å². The first kappa shape index (κ1) is 29.3. The second-order valence-corrected chi connectivity index (χ2v) is 11.9. The van der Waals surface area contributed by atoms with E-state index in [1.807, 2.05) is 13.0 Å². The largest absolute Gasteiger partial charge is 0.505 e. The van der Waals surface area contributed by atoms with Gasteiger partial charge in [0.05, 0.1) is 31.0 Å². The lowest BCUT2D eigenvalue weighted by Gasteiger charge is -2.23. The van der Waals surface area contributed by atoms with Crippen LogP contribution in [0.4, 0.5) is 9.52 Å². The first-order chi connectivity index (χ1) is 21.3. The molecule has 1 fully saturated rings. The van der Waals surface area contributed by atoms with Crippen molar-refractivity contribution in [3.05, 3.63) is 101 Å². The van der Waals surface area contributed by atoms with Gasteiger partial charge in [-0.3, -0.25) is 18.9 Å². The van der Waals surface area contributed by atoms with Gasteiger partial charge in [-0.2, -0.15) is 0 Å². The van der Waals surface area contributed by atoms with E-state index in [1.165, 1.54) is 29.8 Å². The summed E-state index contributed by atoms with van der Waals surface area (Å²) in [6.45, 7) is 3.97. The molecule has 0 saturated carbocycles. The van der Waals surface area contributed by atoms with Gasteiger partial charge >= 0.3 is 5.91 Å². The molecule has 44 heavy (non-hydrogen) atoms. The summed E-state index contributed by atoms with van der Waals surface area (Å²) < 4.78 is 27.6. The summed E-state index contributed by atoms with van der Waals surface area (Å²) in [5.74, 6) is -1.30. The standard InChI is InChI=1S/C31H26FN5O5S2/c1-4-42-21-13-12-18(15-22(21)41-3)26-24(27(38)25-17(2)33-23-11-7-8-14-36(23)25)28(39)29(40)37(26)30-34-35-31(44-30)43-16-19-9-5-6-10-20(19)32/h5-15,26,38H,4,16H2,1-3H3. The summed E-state index contributed by atoms with van der Waals surface area (Å²) in [4.78, 5) is 33.2. The number of fused-ring (bicyclic) bond motifs is 1. The highest BCUT2D eigenvalue weighted by Gasteiger charge is 2.49. The van der Waals surface area contributed by atoms with Crippen LogP contribution in [0.3, 0.4) is 0 Å². The second-order valence-electron chi connectivity index (χ2n) is 9.72. The maximum absolute atomic E-state index is 14.2. The molecule has 0 radical (unpaired) electrons. The normalized spacial score (nSPS) is 16.2. The van der Waals surface area contributed by atoms with Crippen molar-refractivity contribution in [3.63, 3.8) is 0 Å². The maximum Gasteiger partial charge on any atom is 0.301 e. The van der Waals surface area contributed by atoms with Crippen molar-refractivity contribution in [1.29, 1.82) is 0 Å². The number of rotatable bonds is 9. The number of aromatic nitrogens is 4. The first-order valence-corrected chi connectivity index (χ1v) is 15.4. The smallest absolute Gasteiger partial charge is 0.301 e. The van der Waals surface area contributed by atoms with Gasteiger partial charge in [0.2, 0.25) is 5.13 Å². The number of pyridine rings is 1. The third-order valence-corrected chi connectivity index (χ3v) is 9.19. The monoisotopic (exact) mass is 631 g/mol. The molecule has 5 aromatic rings. The number of Topliss-reactive ketones (excluding diaryl/α,β-unsaturated/α-hetero) is 1. The van der Waals surface area contributed by atoms with Crippen LogP contribution in [0.15, 0.2) is 76.8 Å². The lowest BCUT2D eigenvalue weighted by molar-refractivity contribution is -0.132. The van der Waals surface area contributed by atoms with Gasteiger partial charge in [0.1, 0.15) is 17.2 Å². The van der Waals surface area contributed by atoms with Gasteiger partial charge in [0.15, 0.2) is 21.6 Å². The van der Waals surface area contributed by atoms with Crippen molar-refractivity contribution in [2.75, 3.05) is 18.6 Å². The van der Waals surface area contributed by atoms with Crippen LogP contribution in [-0.4, -0.2) is 50.1 Å². The zero-order chi connectivity index (χ0) is 31.0. The number of benzene rings is 2. The number of amides is 1. The molecular weight excluding hydrogens is 606 g/mol. The number of ketones is 1. The fraction of sp³-hybridized carbons (Fsp3) is 0.194. The minimum Gasteiger partial charge on any atom is -0.505 e. The van der Waals surface area contributed by atoms with E-state index in [4.69, 9.17) is 9.47 Å². The van der Waals surface area contributed by atoms with E-state index >= 15 is 0 Å². The number of aliphatic hydroxyl groups excluding tert-OH is 1. The van der Waals surface area contributed by atoms with Crippen LogP contribution in [0, 0.1) is 12.7 Å². The minimum atomic E-state index is -1.08. The Morgan fingerprint density at radius 3 is 2.66 bits per heavy atom. The van der Waals surface area contributed by atoms with Crippen LogP contribution in [0.25, 0.3) is 11.4 Å². The molecule has 3 aromatic heterocycles. The van der Waals surface area contributed by atoms with Crippen LogP contribution in [0.5, 0.6) is 11.5 Å². The molecule has 2 aromatic carbocycles. The molecule has 1 aliphatic rings. The number of carbonyl (C=O) groups excluding carboxylic acids is 2. The minimum absolute atomic E-state index is 0.134. The maximum atomic E-state index is 14.2. The molecular formula is C31H26FN5O5S2. The molecule has 4 heterocycles. The fourth-order valence-electron chi connectivity index (χ4n) is 5.11. The Bertz CT molecular complexity index is 1940. The number of thioether (sulfide) groups is 1. The Kier molecular flexibility index (Phi) is 8.06. The predicted octanol–water partition coefficient (Wildman–Crippen LogP) is 5.96. The SMILES string of the molecule is CCOc1ccc(C2C(=C(O)c3c(C)nc4ccccn34)C(=O)C(=O)N2c2nnc(SCc3ccccc3F)s2)cc1OC. The zero-order valence-corrected chi connectivity index (χ0v) is 25.5. The van der Waals surface area contributed by atoms with Crippen LogP contribution >= 0.6 is 23.1 Å². The Hall–Kier alpha value is -4.75. The van der Waals surface area contributed by atoms with Gasteiger partial charge in [-0.15, -0.1) is 10.2 Å². The van der Waals surface area contributed by atoms with E-state index in [9.17, 15) is 19.1 Å². The Labute approximate surface area is 259 Å². The third kappa shape index (κ3) is 5.18. The van der Waals surface area contributed by atoms with E-state index in [-0.39, 0.29) is 22.3 Å². The molecule has 1 unspecified atom stereocenters. The number of hydrogen-bond donors (Lipinski definition) is 1. The van der Waals surface area contributed by atoms with Gasteiger partial charge in [-0.05, 0) is 55.3 Å². The molecule has 224 valence electrons. The highest BCUT2D eigenvalue weighted by molar-refractivity contribution is 8.00. The fourth-order valence-corrected chi connectivity index (χ4v) is 6.97. The van der Waals surface area contributed by atoms with Crippen LogP contribution in [0.1, 0.15) is 35.5 Å². The zero-order valence-electron chi connectivity index (χ0n) is 23.9. The molecule has 10 nitrogen and oxygen atoms in total. The number of halogens is 1. The number of carbonyl (C=O) groups is 2. The molecule has 1 amide bonds. The van der Waals surface area contributed by atoms with Gasteiger partial charge in [0.25, 0.3) is 5.78 Å². The lowest BCUT2D eigenvalue weighted by Crippen LogP contribution is -2.29. The lowest BCUT2D eigenvalue weighted by atomic mass is 9.96. The van der Waals surface area contributed by atoms with E-state index in [0.717, 1.165) is 11.3 Å². The summed E-state index contributed by atoms with van der Waals surface area (Å²) in [6.07, 6.45) is 1.72. The van der Waals surface area contributed by atoms with Gasteiger partial charge in [-0.25, -0.2) is 9.37 Å². The van der Waals surface area contributed by atoms with Crippen molar-refractivity contribution in [1.82, 2.24) is 19.6 Å². The molecule has 6 rings (SSSR count). The number of nitrogens with zero attached hydrogens (tertiary/aromatic N) is 5. The highest BCUT2D eigenvalue weighted by atomic mass is 32.2. The summed E-state index contributed by atoms with van der Waals surface area (Å²) in [6, 6.07) is 15.8. The number of hydrogen-bond acceptors (Lipinski definition) is 10. The number of methoxy groups -OCH3 is 1. The van der Waals surface area contributed by atoms with Crippen LogP contribution < -0.4 is 14.4 Å². The molecule has 0 bridgehead atoms. The number of ether oxygens (including phenoxy) is 2. The quantitative estimate of drug-likeness (QED) is 0.0691. The number of imidazole rings is 1. The van der Waals surface area contributed by atoms with Crippen molar-refractivity contribution in [2.24, 2.45) is 0 Å². The number of aryl methyl sites for hydroxylation is 1. The molecule has 13 heteroatoms. The third-order valence-electron chi connectivity index (χ3n) is 7.09. The summed E-state index contributed by atoms with van der Waals surface area (Å²) in [5, 5.41) is 20.4. The number of aliphatic hydroxyl groups is 1. The van der Waals surface area contributed by atoms with Crippen LogP contribution in [-0.2, 0) is 15.3 Å². The topological polar surface area (TPSA) is 119 Å². The summed E-state index contributed by atoms with van der Waals surface area (Å²) in [5.41, 5.74) is 2.19. The molecule has 0 spiro atoms. The molecule has 1 atom stereocenters. The van der Waals surface area contributed by atoms with Crippen molar-refractivity contribution in [2.45, 2.75) is 30.0 Å². The Balaban J connectivity index is 1.47. The summed E-state index contributed by atoms with van der Waals surface area (Å²) >= 11 is 2.35. The van der Waals surface area contributed by atoms with Crippen LogP contribution in [0.2, 0.25) is 0 Å². The molecule has 0 aliphatic carbocycles. The van der Waals surface area contributed by atoms with Gasteiger partial charge in [0, 0.05) is 11.9 Å². The van der Waals surface area contributed by atoms with Crippen molar-refractivity contribution >= 4 is 51.3 Å². The Morgan fingerprint density at radius 1 is 1.09 bits per heavy atom. The van der Waals surface area contributed by atoms with E-state index < -0.39 is 17.7 Å². The predicted molar refractivity (Wildman–Crippen MR) is 165 cm³/mol. The molecule has 1 aliphatic heterocycles. The molecule has 1 saturated heterocycles. The average molecular weight is 632 g/mol. The molecule has 1 N–H and O–H groups in total. The average Bonchev–Trinajstić information content (AvgIpc) is 3.70.